The average molecular weight is 459 g/mol. The summed E-state index contributed by atoms with van der Waals surface area (Å²) < 4.78 is 37.3. The summed E-state index contributed by atoms with van der Waals surface area (Å²) in [6.07, 6.45) is 3.68. The van der Waals surface area contributed by atoms with Crippen molar-refractivity contribution in [3.05, 3.63) is 54.1 Å². The third-order valence-corrected chi connectivity index (χ3v) is 5.10. The quantitative estimate of drug-likeness (QED) is 0.482. The van der Waals surface area contributed by atoms with Crippen molar-refractivity contribution in [1.29, 1.82) is 0 Å². The second kappa shape index (κ2) is 9.59. The van der Waals surface area contributed by atoms with Crippen molar-refractivity contribution in [2.75, 3.05) is 10.6 Å². The molecule has 1 aromatic carbocycles. The fourth-order valence-electron chi connectivity index (χ4n) is 3.37. The second-order valence-corrected chi connectivity index (χ2v) is 7.44. The van der Waals surface area contributed by atoms with Crippen LogP contribution in [0.4, 0.5) is 26.2 Å². The predicted molar refractivity (Wildman–Crippen MR) is 110 cm³/mol. The van der Waals surface area contributed by atoms with E-state index in [0.29, 0.717) is 37.3 Å². The number of carboxylic acid groups (broad SMARTS) is 1. The van der Waals surface area contributed by atoms with Crippen LogP contribution in [0.25, 0.3) is 0 Å². The van der Waals surface area contributed by atoms with Crippen LogP contribution in [0.1, 0.15) is 36.4 Å². The molecule has 2 aromatic heterocycles. The highest BCUT2D eigenvalue weighted by Gasteiger charge is 2.27. The van der Waals surface area contributed by atoms with Crippen LogP contribution in [0.2, 0.25) is 0 Å². The van der Waals surface area contributed by atoms with Gasteiger partial charge in [0.1, 0.15) is 6.10 Å². The molecule has 1 aliphatic rings. The van der Waals surface area contributed by atoms with Gasteiger partial charge in [0, 0.05) is 17.8 Å². The average Bonchev–Trinajstić information content (AvgIpc) is 3.27. The Bertz CT molecular complexity index is 1150. The van der Waals surface area contributed by atoms with E-state index in [9.17, 15) is 18.4 Å². The van der Waals surface area contributed by atoms with Crippen molar-refractivity contribution in [1.82, 2.24) is 15.2 Å². The molecule has 12 heteroatoms. The van der Waals surface area contributed by atoms with E-state index < -0.39 is 23.5 Å². The van der Waals surface area contributed by atoms with E-state index in [1.807, 2.05) is 0 Å². The fourth-order valence-corrected chi connectivity index (χ4v) is 3.37. The number of pyridine rings is 1. The second-order valence-electron chi connectivity index (χ2n) is 7.44. The molecule has 2 heterocycles. The van der Waals surface area contributed by atoms with Crippen LogP contribution in [-0.4, -0.2) is 38.3 Å². The summed E-state index contributed by atoms with van der Waals surface area (Å²) in [5.41, 5.74) is 0.524. The molecule has 0 saturated heterocycles. The standard InChI is InChI=1S/C21H19F2N5O5/c22-15-7-3-12(9-16(15)23)26-21-28-27-19(33-21)18(29)25-13-4-8-17(24-10-13)32-14-5-1-11(2-6-14)20(30)31/h3-4,7-11,14H,1-2,5-6H2,(H,25,29)(H,26,28)(H,30,31)/t11-,14+. The lowest BCUT2D eigenvalue weighted by Gasteiger charge is -2.26. The molecule has 0 spiro atoms. The largest absolute Gasteiger partial charge is 0.481 e. The first-order valence-electron chi connectivity index (χ1n) is 10.1. The van der Waals surface area contributed by atoms with Gasteiger partial charge in [-0.15, -0.1) is 5.10 Å². The van der Waals surface area contributed by atoms with Gasteiger partial charge < -0.3 is 24.9 Å². The normalized spacial score (nSPS) is 17.9. The van der Waals surface area contributed by atoms with E-state index in [-0.39, 0.29) is 29.6 Å². The van der Waals surface area contributed by atoms with Crippen molar-refractivity contribution in [3.63, 3.8) is 0 Å². The zero-order valence-electron chi connectivity index (χ0n) is 17.1. The lowest BCUT2D eigenvalue weighted by molar-refractivity contribution is -0.143. The van der Waals surface area contributed by atoms with Gasteiger partial charge in [-0.05, 0) is 43.9 Å². The highest BCUT2D eigenvalue weighted by atomic mass is 19.2. The zero-order chi connectivity index (χ0) is 23.4. The topological polar surface area (TPSA) is 139 Å². The van der Waals surface area contributed by atoms with Gasteiger partial charge in [-0.3, -0.25) is 9.59 Å². The Labute approximate surface area is 186 Å². The number of rotatable bonds is 7. The number of nitrogens with zero attached hydrogens (tertiary/aromatic N) is 3. The molecule has 1 amide bonds. The van der Waals surface area contributed by atoms with Crippen LogP contribution in [0, 0.1) is 17.6 Å². The van der Waals surface area contributed by atoms with Gasteiger partial charge in [-0.25, -0.2) is 13.8 Å². The third kappa shape index (κ3) is 5.59. The van der Waals surface area contributed by atoms with Crippen LogP contribution < -0.4 is 15.4 Å². The number of hydrogen-bond donors (Lipinski definition) is 3. The molecule has 1 fully saturated rings. The smallest absolute Gasteiger partial charge is 0.320 e. The Hall–Kier alpha value is -4.09. The van der Waals surface area contributed by atoms with E-state index in [1.54, 1.807) is 12.1 Å². The Morgan fingerprint density at radius 2 is 1.79 bits per heavy atom. The summed E-state index contributed by atoms with van der Waals surface area (Å²) in [6.45, 7) is 0. The predicted octanol–water partition coefficient (Wildman–Crippen LogP) is 3.76. The maximum absolute atomic E-state index is 13.3. The number of anilines is 3. The Kier molecular flexibility index (Phi) is 6.43. The molecule has 0 radical (unpaired) electrons. The van der Waals surface area contributed by atoms with Gasteiger partial charge in [0.25, 0.3) is 0 Å². The first-order valence-corrected chi connectivity index (χ1v) is 10.1. The fraction of sp³-hybridized carbons (Fsp3) is 0.286. The molecular weight excluding hydrogens is 440 g/mol. The van der Waals surface area contributed by atoms with Crippen LogP contribution in [-0.2, 0) is 4.79 Å². The number of aromatic nitrogens is 3. The van der Waals surface area contributed by atoms with Crippen molar-refractivity contribution in [2.24, 2.45) is 5.92 Å². The summed E-state index contributed by atoms with van der Waals surface area (Å²) in [7, 11) is 0. The molecule has 0 unspecified atom stereocenters. The third-order valence-electron chi connectivity index (χ3n) is 5.10. The number of carboxylic acids is 1. The monoisotopic (exact) mass is 459 g/mol. The van der Waals surface area contributed by atoms with Gasteiger partial charge in [-0.2, -0.15) is 0 Å². The molecule has 10 nitrogen and oxygen atoms in total. The minimum Gasteiger partial charge on any atom is -0.481 e. The van der Waals surface area contributed by atoms with E-state index in [0.717, 1.165) is 12.1 Å². The molecular formula is C21H19F2N5O5. The van der Waals surface area contributed by atoms with Gasteiger partial charge >= 0.3 is 23.8 Å². The highest BCUT2D eigenvalue weighted by Crippen LogP contribution is 2.27. The maximum Gasteiger partial charge on any atom is 0.320 e. The van der Waals surface area contributed by atoms with Crippen LogP contribution >= 0.6 is 0 Å². The lowest BCUT2D eigenvalue weighted by atomic mass is 9.87. The van der Waals surface area contributed by atoms with Crippen molar-refractivity contribution < 1.29 is 32.6 Å². The number of benzene rings is 1. The molecule has 1 saturated carbocycles. The molecule has 0 bridgehead atoms. The number of amides is 1. The molecule has 0 aliphatic heterocycles. The summed E-state index contributed by atoms with van der Waals surface area (Å²) >= 11 is 0. The van der Waals surface area contributed by atoms with Gasteiger partial charge in [-0.1, -0.05) is 5.10 Å². The van der Waals surface area contributed by atoms with Crippen molar-refractivity contribution in [3.8, 4) is 5.88 Å². The zero-order valence-corrected chi connectivity index (χ0v) is 17.1. The SMILES string of the molecule is O=C(Nc1ccc(O[C@H]2CC[C@@H](C(=O)O)CC2)nc1)c1nnc(Nc2ccc(F)c(F)c2)o1. The van der Waals surface area contributed by atoms with Crippen LogP contribution in [0.15, 0.2) is 40.9 Å². The first-order chi connectivity index (χ1) is 15.9. The minimum atomic E-state index is -1.05. The Morgan fingerprint density at radius 1 is 1.03 bits per heavy atom. The number of aliphatic carboxylic acids is 1. The van der Waals surface area contributed by atoms with Crippen molar-refractivity contribution in [2.45, 2.75) is 31.8 Å². The van der Waals surface area contributed by atoms with Gasteiger partial charge in [0.2, 0.25) is 5.88 Å². The molecule has 3 aromatic rings. The van der Waals surface area contributed by atoms with Crippen LogP contribution in [0.3, 0.4) is 0 Å². The summed E-state index contributed by atoms with van der Waals surface area (Å²) in [6, 6.07) is 6.11. The summed E-state index contributed by atoms with van der Waals surface area (Å²) in [5, 5.41) is 21.4. The van der Waals surface area contributed by atoms with Crippen molar-refractivity contribution >= 4 is 29.3 Å². The summed E-state index contributed by atoms with van der Waals surface area (Å²) in [4.78, 5) is 27.5. The number of hydrogen-bond acceptors (Lipinski definition) is 8. The highest BCUT2D eigenvalue weighted by molar-refractivity contribution is 6.00. The summed E-state index contributed by atoms with van der Waals surface area (Å²) in [5.74, 6) is -3.83. The van der Waals surface area contributed by atoms with E-state index in [2.05, 4.69) is 25.8 Å². The van der Waals surface area contributed by atoms with Gasteiger partial charge in [0.05, 0.1) is 17.8 Å². The molecule has 33 heavy (non-hydrogen) atoms. The van der Waals surface area contributed by atoms with Crippen LogP contribution in [0.5, 0.6) is 5.88 Å². The maximum atomic E-state index is 13.3. The molecule has 4 rings (SSSR count). The molecule has 3 N–H and O–H groups in total. The molecule has 1 aliphatic carbocycles. The molecule has 0 atom stereocenters. The number of carbonyl (C=O) groups is 2. The Balaban J connectivity index is 1.30. The van der Waals surface area contributed by atoms with E-state index in [1.165, 1.54) is 12.3 Å². The number of halogens is 2. The van der Waals surface area contributed by atoms with E-state index >= 15 is 0 Å². The first kappa shape index (κ1) is 22.1. The lowest BCUT2D eigenvalue weighted by Crippen LogP contribution is -2.28. The molecule has 172 valence electrons. The number of carbonyl (C=O) groups excluding carboxylic acids is 1. The number of ether oxygens (including phenoxy) is 1. The Morgan fingerprint density at radius 3 is 2.45 bits per heavy atom. The van der Waals surface area contributed by atoms with Gasteiger partial charge in [0.15, 0.2) is 11.6 Å². The minimum absolute atomic E-state index is 0.104. The number of nitrogens with one attached hydrogen (secondary N) is 2. The van der Waals surface area contributed by atoms with E-state index in [4.69, 9.17) is 14.3 Å².